The number of hydrogen-bond donors (Lipinski definition) is 3. The Hall–Kier alpha value is -5.24. The van der Waals surface area contributed by atoms with Gasteiger partial charge in [0.15, 0.2) is 0 Å². The molecule has 0 atom stereocenters. The van der Waals surface area contributed by atoms with Crippen molar-refractivity contribution in [1.29, 1.82) is 0 Å². The molecule has 4 aromatic carbocycles. The Morgan fingerprint density at radius 2 is 1.05 bits per heavy atom. The zero-order valence-corrected chi connectivity index (χ0v) is 19.7. The molecule has 0 radical (unpaired) electrons. The molecule has 0 fully saturated rings. The number of rotatable bonds is 7. The third-order valence-electron chi connectivity index (χ3n) is 5.59. The Labute approximate surface area is 212 Å². The Morgan fingerprint density at radius 1 is 0.595 bits per heavy atom. The highest BCUT2D eigenvalue weighted by atomic mass is 16.5. The van der Waals surface area contributed by atoms with Crippen LogP contribution in [0.15, 0.2) is 97.1 Å². The van der Waals surface area contributed by atoms with Gasteiger partial charge in [-0.15, -0.1) is 0 Å². The SMILES string of the molecule is COC(=O)c1ccc(NC(=O)c2ccc(NC(=O)c3ccccc3-c3ccccc3C(=O)O)cc2)cc1. The van der Waals surface area contributed by atoms with Crippen LogP contribution in [0.4, 0.5) is 11.4 Å². The highest BCUT2D eigenvalue weighted by Gasteiger charge is 2.18. The Bertz CT molecular complexity index is 1480. The van der Waals surface area contributed by atoms with Crippen molar-refractivity contribution in [3.05, 3.63) is 119 Å². The second-order valence-electron chi connectivity index (χ2n) is 7.95. The van der Waals surface area contributed by atoms with Gasteiger partial charge in [-0.1, -0.05) is 36.4 Å². The summed E-state index contributed by atoms with van der Waals surface area (Å²) in [6.07, 6.45) is 0. The first-order valence-corrected chi connectivity index (χ1v) is 11.2. The molecule has 4 rings (SSSR count). The van der Waals surface area contributed by atoms with Gasteiger partial charge in [0, 0.05) is 22.5 Å². The lowest BCUT2D eigenvalue weighted by Crippen LogP contribution is -2.15. The van der Waals surface area contributed by atoms with Gasteiger partial charge in [0.1, 0.15) is 0 Å². The predicted molar refractivity (Wildman–Crippen MR) is 139 cm³/mol. The monoisotopic (exact) mass is 494 g/mol. The van der Waals surface area contributed by atoms with Crippen LogP contribution in [-0.4, -0.2) is 36.0 Å². The maximum Gasteiger partial charge on any atom is 0.337 e. The van der Waals surface area contributed by atoms with Crippen LogP contribution in [0.3, 0.4) is 0 Å². The average molecular weight is 495 g/mol. The lowest BCUT2D eigenvalue weighted by atomic mass is 9.95. The van der Waals surface area contributed by atoms with Crippen LogP contribution >= 0.6 is 0 Å². The fourth-order valence-corrected chi connectivity index (χ4v) is 3.73. The summed E-state index contributed by atoms with van der Waals surface area (Å²) in [5, 5.41) is 15.1. The number of carboxylic acids is 1. The van der Waals surface area contributed by atoms with Crippen LogP contribution in [0, 0.1) is 0 Å². The molecule has 8 heteroatoms. The number of benzene rings is 4. The van der Waals surface area contributed by atoms with Gasteiger partial charge in [0.25, 0.3) is 11.8 Å². The van der Waals surface area contributed by atoms with E-state index < -0.39 is 17.8 Å². The van der Waals surface area contributed by atoms with Crippen LogP contribution in [0.1, 0.15) is 41.4 Å². The zero-order valence-electron chi connectivity index (χ0n) is 19.7. The molecule has 8 nitrogen and oxygen atoms in total. The van der Waals surface area contributed by atoms with E-state index in [0.29, 0.717) is 39.2 Å². The summed E-state index contributed by atoms with van der Waals surface area (Å²) in [6.45, 7) is 0. The highest BCUT2D eigenvalue weighted by Crippen LogP contribution is 2.28. The number of carbonyl (C=O) groups is 4. The molecular formula is C29H22N2O6. The predicted octanol–water partition coefficient (Wildman–Crippen LogP) is 5.34. The topological polar surface area (TPSA) is 122 Å². The number of carbonyl (C=O) groups excluding carboxylic acids is 3. The molecule has 4 aromatic rings. The fourth-order valence-electron chi connectivity index (χ4n) is 3.73. The van der Waals surface area contributed by atoms with Gasteiger partial charge >= 0.3 is 11.9 Å². The van der Waals surface area contributed by atoms with E-state index in [9.17, 15) is 24.3 Å². The number of methoxy groups -OCH3 is 1. The second kappa shape index (κ2) is 11.0. The van der Waals surface area contributed by atoms with Crippen molar-refractivity contribution in [1.82, 2.24) is 0 Å². The van der Waals surface area contributed by atoms with Gasteiger partial charge in [-0.25, -0.2) is 9.59 Å². The molecule has 0 saturated carbocycles. The lowest BCUT2D eigenvalue weighted by Gasteiger charge is -2.13. The second-order valence-corrected chi connectivity index (χ2v) is 7.95. The third-order valence-corrected chi connectivity index (χ3v) is 5.59. The van der Waals surface area contributed by atoms with Gasteiger partial charge in [0.05, 0.1) is 18.2 Å². The van der Waals surface area contributed by atoms with E-state index in [1.54, 1.807) is 91.0 Å². The van der Waals surface area contributed by atoms with E-state index in [0.717, 1.165) is 0 Å². The van der Waals surface area contributed by atoms with E-state index in [4.69, 9.17) is 0 Å². The van der Waals surface area contributed by atoms with Gasteiger partial charge < -0.3 is 20.5 Å². The van der Waals surface area contributed by atoms with Crippen LogP contribution < -0.4 is 10.6 Å². The minimum absolute atomic E-state index is 0.0954. The molecule has 3 N–H and O–H groups in total. The van der Waals surface area contributed by atoms with Crippen LogP contribution in [0.5, 0.6) is 0 Å². The lowest BCUT2D eigenvalue weighted by molar-refractivity contribution is 0.0599. The average Bonchev–Trinajstić information content (AvgIpc) is 2.93. The molecule has 0 spiro atoms. The van der Waals surface area contributed by atoms with E-state index in [1.165, 1.54) is 13.2 Å². The van der Waals surface area contributed by atoms with Gasteiger partial charge in [-0.3, -0.25) is 9.59 Å². The van der Waals surface area contributed by atoms with Gasteiger partial charge in [-0.2, -0.15) is 0 Å². The minimum Gasteiger partial charge on any atom is -0.478 e. The van der Waals surface area contributed by atoms with E-state index in [2.05, 4.69) is 15.4 Å². The van der Waals surface area contributed by atoms with Gasteiger partial charge in [-0.05, 0) is 71.8 Å². The summed E-state index contributed by atoms with van der Waals surface area (Å²) in [4.78, 5) is 48.9. The Morgan fingerprint density at radius 3 is 1.59 bits per heavy atom. The molecule has 0 aliphatic carbocycles. The van der Waals surface area contributed by atoms with Crippen molar-refractivity contribution >= 4 is 35.1 Å². The third kappa shape index (κ3) is 5.71. The summed E-state index contributed by atoms with van der Waals surface area (Å²) in [6, 6.07) is 25.9. The summed E-state index contributed by atoms with van der Waals surface area (Å²) in [7, 11) is 1.29. The van der Waals surface area contributed by atoms with E-state index in [1.807, 2.05) is 0 Å². The number of nitrogens with one attached hydrogen (secondary N) is 2. The largest absolute Gasteiger partial charge is 0.478 e. The van der Waals surface area contributed by atoms with Crippen molar-refractivity contribution in [2.75, 3.05) is 17.7 Å². The number of hydrogen-bond acceptors (Lipinski definition) is 5. The van der Waals surface area contributed by atoms with Crippen LogP contribution in [0.25, 0.3) is 11.1 Å². The van der Waals surface area contributed by atoms with Crippen LogP contribution in [0.2, 0.25) is 0 Å². The first-order valence-electron chi connectivity index (χ1n) is 11.2. The number of carboxylic acid groups (broad SMARTS) is 1. The maximum absolute atomic E-state index is 13.1. The maximum atomic E-state index is 13.1. The molecule has 0 unspecified atom stereocenters. The normalized spacial score (nSPS) is 10.3. The molecule has 2 amide bonds. The Kier molecular flexibility index (Phi) is 7.40. The summed E-state index contributed by atoms with van der Waals surface area (Å²) < 4.78 is 4.66. The molecule has 37 heavy (non-hydrogen) atoms. The first-order chi connectivity index (χ1) is 17.9. The quantitative estimate of drug-likeness (QED) is 0.298. The molecule has 0 aliphatic heterocycles. The minimum atomic E-state index is -1.08. The first kappa shape index (κ1) is 24.9. The number of esters is 1. The number of ether oxygens (including phenoxy) is 1. The number of anilines is 2. The molecule has 0 saturated heterocycles. The molecule has 0 bridgehead atoms. The van der Waals surface area contributed by atoms with Crippen molar-refractivity contribution in [2.24, 2.45) is 0 Å². The van der Waals surface area contributed by atoms with Gasteiger partial charge in [0.2, 0.25) is 0 Å². The standard InChI is InChI=1S/C29H22N2O6/c1-37-29(36)19-12-16-20(17-13-19)30-26(32)18-10-14-21(15-11-18)31-27(33)24-8-4-2-6-22(24)23-7-3-5-9-25(23)28(34)35/h2-17H,1H3,(H,30,32)(H,31,33)(H,34,35). The van der Waals surface area contributed by atoms with E-state index >= 15 is 0 Å². The fraction of sp³-hybridized carbons (Fsp3) is 0.0345. The van der Waals surface area contributed by atoms with E-state index in [-0.39, 0.29) is 11.5 Å². The van der Waals surface area contributed by atoms with Crippen LogP contribution in [-0.2, 0) is 4.74 Å². The summed E-state index contributed by atoms with van der Waals surface area (Å²) in [5.41, 5.74) is 3.05. The molecular weight excluding hydrogens is 472 g/mol. The molecule has 0 heterocycles. The highest BCUT2D eigenvalue weighted by molar-refractivity contribution is 6.10. The number of amides is 2. The molecule has 184 valence electrons. The summed E-state index contributed by atoms with van der Waals surface area (Å²) >= 11 is 0. The van der Waals surface area contributed by atoms with Crippen molar-refractivity contribution < 1.29 is 29.0 Å². The smallest absolute Gasteiger partial charge is 0.337 e. The van der Waals surface area contributed by atoms with Crippen molar-refractivity contribution in [2.45, 2.75) is 0 Å². The zero-order chi connectivity index (χ0) is 26.4. The Balaban J connectivity index is 1.47. The van der Waals surface area contributed by atoms with Crippen molar-refractivity contribution in [3.8, 4) is 11.1 Å². The molecule has 0 aromatic heterocycles. The van der Waals surface area contributed by atoms with Crippen molar-refractivity contribution in [3.63, 3.8) is 0 Å². The summed E-state index contributed by atoms with van der Waals surface area (Å²) in [5.74, 6) is -2.33. The molecule has 0 aliphatic rings. The number of aromatic carboxylic acids is 1.